The van der Waals surface area contributed by atoms with Gasteiger partial charge in [-0.05, 0) is 19.4 Å². The number of aliphatic hydroxyl groups excluding tert-OH is 1. The van der Waals surface area contributed by atoms with E-state index in [9.17, 15) is 9.90 Å². The Labute approximate surface area is 147 Å². The van der Waals surface area contributed by atoms with E-state index < -0.39 is 5.60 Å². The highest BCUT2D eigenvalue weighted by atomic mass is 16.5. The van der Waals surface area contributed by atoms with Gasteiger partial charge >= 0.3 is 0 Å². The minimum atomic E-state index is -0.761. The summed E-state index contributed by atoms with van der Waals surface area (Å²) >= 11 is 0. The van der Waals surface area contributed by atoms with Gasteiger partial charge in [0.15, 0.2) is 0 Å². The van der Waals surface area contributed by atoms with Gasteiger partial charge in [0, 0.05) is 13.0 Å². The molecule has 7 nitrogen and oxygen atoms in total. The van der Waals surface area contributed by atoms with Crippen LogP contribution in [0.3, 0.4) is 0 Å². The summed E-state index contributed by atoms with van der Waals surface area (Å²) in [6.07, 6.45) is 0.565. The topological polar surface area (TPSA) is 80.5 Å². The molecule has 1 aliphatic rings. The smallest absolute Gasteiger partial charge is 0.244 e. The van der Waals surface area contributed by atoms with Crippen LogP contribution in [-0.4, -0.2) is 62.6 Å². The van der Waals surface area contributed by atoms with Crippen LogP contribution in [0.25, 0.3) is 0 Å². The molecule has 1 fully saturated rings. The fourth-order valence-electron chi connectivity index (χ4n) is 3.22. The lowest BCUT2D eigenvalue weighted by molar-refractivity contribution is -0.158. The minimum Gasteiger partial charge on any atom is -0.393 e. The largest absolute Gasteiger partial charge is 0.393 e. The van der Waals surface area contributed by atoms with Crippen LogP contribution in [0.2, 0.25) is 0 Å². The van der Waals surface area contributed by atoms with Gasteiger partial charge in [0.25, 0.3) is 0 Å². The molecule has 0 aliphatic carbocycles. The zero-order valence-electron chi connectivity index (χ0n) is 14.7. The predicted octanol–water partition coefficient (Wildman–Crippen LogP) is 0.728. The molecular formula is C18H24N4O3. The molecule has 1 atom stereocenters. The highest BCUT2D eigenvalue weighted by molar-refractivity contribution is 5.76. The molecular weight excluding hydrogens is 320 g/mol. The Balaban J connectivity index is 1.70. The first-order chi connectivity index (χ1) is 12.0. The van der Waals surface area contributed by atoms with Crippen LogP contribution in [0.15, 0.2) is 30.3 Å². The molecule has 2 heterocycles. The number of nitrogens with zero attached hydrogens (tertiary/aromatic N) is 4. The van der Waals surface area contributed by atoms with Crippen molar-refractivity contribution in [2.75, 3.05) is 26.3 Å². The van der Waals surface area contributed by atoms with E-state index in [1.165, 1.54) is 0 Å². The van der Waals surface area contributed by atoms with Crippen LogP contribution in [0.1, 0.15) is 17.2 Å². The zero-order chi connectivity index (χ0) is 17.9. The molecule has 0 saturated carbocycles. The lowest BCUT2D eigenvalue weighted by atomic mass is 9.93. The third-order valence-electron chi connectivity index (χ3n) is 4.51. The van der Waals surface area contributed by atoms with Crippen molar-refractivity contribution in [3.63, 3.8) is 0 Å². The van der Waals surface area contributed by atoms with Crippen LogP contribution in [0.4, 0.5) is 0 Å². The number of rotatable bonds is 5. The average Bonchev–Trinajstić information content (AvgIpc) is 2.93. The maximum Gasteiger partial charge on any atom is 0.244 e. The van der Waals surface area contributed by atoms with E-state index in [1.54, 1.807) is 16.5 Å². The Morgan fingerprint density at radius 2 is 2.08 bits per heavy atom. The van der Waals surface area contributed by atoms with Gasteiger partial charge in [-0.2, -0.15) is 5.10 Å². The molecule has 3 rings (SSSR count). The predicted molar refractivity (Wildman–Crippen MR) is 92.0 cm³/mol. The van der Waals surface area contributed by atoms with Crippen LogP contribution in [-0.2, 0) is 22.5 Å². The van der Waals surface area contributed by atoms with E-state index in [1.807, 2.05) is 37.3 Å². The maximum absolute atomic E-state index is 12.7. The summed E-state index contributed by atoms with van der Waals surface area (Å²) in [5.41, 5.74) is 0.316. The van der Waals surface area contributed by atoms with Crippen LogP contribution >= 0.6 is 0 Å². The molecule has 1 aromatic heterocycles. The molecule has 0 radical (unpaired) electrons. The molecule has 0 bridgehead atoms. The quantitative estimate of drug-likeness (QED) is 0.865. The van der Waals surface area contributed by atoms with Crippen molar-refractivity contribution < 1.29 is 14.6 Å². The van der Waals surface area contributed by atoms with Crippen molar-refractivity contribution in [1.82, 2.24) is 19.7 Å². The monoisotopic (exact) mass is 344 g/mol. The van der Waals surface area contributed by atoms with Crippen molar-refractivity contribution in [1.29, 1.82) is 0 Å². The van der Waals surface area contributed by atoms with E-state index in [0.29, 0.717) is 31.9 Å². The van der Waals surface area contributed by atoms with Crippen LogP contribution in [0, 0.1) is 13.8 Å². The van der Waals surface area contributed by atoms with E-state index >= 15 is 0 Å². The van der Waals surface area contributed by atoms with E-state index in [-0.39, 0.29) is 19.1 Å². The molecule has 1 saturated heterocycles. The second-order valence-electron chi connectivity index (χ2n) is 6.53. The Morgan fingerprint density at radius 1 is 1.32 bits per heavy atom. The molecule has 134 valence electrons. The highest BCUT2D eigenvalue weighted by Gasteiger charge is 2.38. The summed E-state index contributed by atoms with van der Waals surface area (Å²) in [5, 5.41) is 14.2. The van der Waals surface area contributed by atoms with E-state index in [0.717, 1.165) is 11.4 Å². The molecule has 1 amide bonds. The summed E-state index contributed by atoms with van der Waals surface area (Å²) < 4.78 is 7.51. The van der Waals surface area contributed by atoms with Gasteiger partial charge in [0.2, 0.25) is 5.91 Å². The average molecular weight is 344 g/mol. The number of carbonyl (C=O) groups is 1. The molecule has 2 aromatic rings. The summed E-state index contributed by atoms with van der Waals surface area (Å²) in [4.78, 5) is 18.7. The molecule has 0 spiro atoms. The van der Waals surface area contributed by atoms with Gasteiger partial charge in [-0.3, -0.25) is 4.79 Å². The highest BCUT2D eigenvalue weighted by Crippen LogP contribution is 2.23. The van der Waals surface area contributed by atoms with Gasteiger partial charge in [-0.1, -0.05) is 30.3 Å². The second kappa shape index (κ2) is 7.33. The van der Waals surface area contributed by atoms with Gasteiger partial charge in [0.1, 0.15) is 23.8 Å². The maximum atomic E-state index is 12.7. The SMILES string of the molecule is Cc1nc(C)n(CC(=O)N2CCOC(CO)(Cc3ccccc3)C2)n1. The Bertz CT molecular complexity index is 731. The first-order valence-corrected chi connectivity index (χ1v) is 8.46. The third-order valence-corrected chi connectivity index (χ3v) is 4.51. The second-order valence-corrected chi connectivity index (χ2v) is 6.53. The van der Waals surface area contributed by atoms with Crippen molar-refractivity contribution >= 4 is 5.91 Å². The summed E-state index contributed by atoms with van der Waals surface area (Å²) in [6, 6.07) is 9.88. The normalized spacial score (nSPS) is 20.7. The van der Waals surface area contributed by atoms with Crippen molar-refractivity contribution in [2.24, 2.45) is 0 Å². The molecule has 1 aliphatic heterocycles. The lowest BCUT2D eigenvalue weighted by Gasteiger charge is -2.42. The molecule has 1 N–H and O–H groups in total. The summed E-state index contributed by atoms with van der Waals surface area (Å²) in [6.45, 7) is 4.95. The number of carbonyl (C=O) groups excluding carboxylic acids is 1. The zero-order valence-corrected chi connectivity index (χ0v) is 14.7. The van der Waals surface area contributed by atoms with Crippen molar-refractivity contribution in [3.05, 3.63) is 47.5 Å². The number of morpholine rings is 1. The van der Waals surface area contributed by atoms with Crippen molar-refractivity contribution in [2.45, 2.75) is 32.4 Å². The lowest BCUT2D eigenvalue weighted by Crippen LogP contribution is -2.57. The van der Waals surface area contributed by atoms with Crippen LogP contribution in [0.5, 0.6) is 0 Å². The number of aryl methyl sites for hydroxylation is 2. The molecule has 25 heavy (non-hydrogen) atoms. The minimum absolute atomic E-state index is 0.0396. The van der Waals surface area contributed by atoms with Crippen LogP contribution < -0.4 is 0 Å². The Kier molecular flexibility index (Phi) is 5.15. The van der Waals surface area contributed by atoms with Gasteiger partial charge in [0.05, 0.1) is 19.8 Å². The number of benzene rings is 1. The first kappa shape index (κ1) is 17.6. The fraction of sp³-hybridized carbons (Fsp3) is 0.500. The van der Waals surface area contributed by atoms with Gasteiger partial charge < -0.3 is 14.7 Å². The van der Waals surface area contributed by atoms with E-state index in [2.05, 4.69) is 10.1 Å². The van der Waals surface area contributed by atoms with Crippen molar-refractivity contribution in [3.8, 4) is 0 Å². The fourth-order valence-corrected chi connectivity index (χ4v) is 3.22. The summed E-state index contributed by atoms with van der Waals surface area (Å²) in [7, 11) is 0. The summed E-state index contributed by atoms with van der Waals surface area (Å²) in [5.74, 6) is 1.33. The Hall–Kier alpha value is -2.25. The molecule has 7 heteroatoms. The van der Waals surface area contributed by atoms with E-state index in [4.69, 9.17) is 4.74 Å². The molecule has 1 aromatic carbocycles. The molecule has 1 unspecified atom stereocenters. The number of hydrogen-bond donors (Lipinski definition) is 1. The van der Waals surface area contributed by atoms with Gasteiger partial charge in [-0.15, -0.1) is 0 Å². The first-order valence-electron chi connectivity index (χ1n) is 8.46. The number of aromatic nitrogens is 3. The number of amides is 1. The third kappa shape index (κ3) is 4.05. The standard InChI is InChI=1S/C18H24N4O3/c1-14-19-15(2)22(20-14)11-17(24)21-8-9-25-18(12-21,13-23)10-16-6-4-3-5-7-16/h3-7,23H,8-13H2,1-2H3. The Morgan fingerprint density at radius 3 is 2.72 bits per heavy atom. The number of aliphatic hydroxyl groups is 1. The van der Waals surface area contributed by atoms with Gasteiger partial charge in [-0.25, -0.2) is 9.67 Å². The number of ether oxygens (including phenoxy) is 1. The number of hydrogen-bond acceptors (Lipinski definition) is 5.